The number of aromatic nitrogens is 2. The highest BCUT2D eigenvalue weighted by molar-refractivity contribution is 6.30. The second kappa shape index (κ2) is 8.84. The number of ether oxygens (including phenoxy) is 1. The molecule has 3 aromatic rings. The van der Waals surface area contributed by atoms with Crippen LogP contribution < -0.4 is 15.6 Å². The Labute approximate surface area is 163 Å². The van der Waals surface area contributed by atoms with E-state index in [1.54, 1.807) is 20.1 Å². The number of rotatable bonds is 7. The van der Waals surface area contributed by atoms with E-state index in [-0.39, 0.29) is 11.6 Å². The van der Waals surface area contributed by atoms with Crippen molar-refractivity contribution in [2.75, 3.05) is 7.11 Å². The molecule has 1 atom stereocenters. The summed E-state index contributed by atoms with van der Waals surface area (Å²) < 4.78 is 5.20. The molecule has 0 saturated heterocycles. The number of hydrogen-bond acceptors (Lipinski definition) is 4. The highest BCUT2D eigenvalue weighted by Crippen LogP contribution is 2.21. The Kier molecular flexibility index (Phi) is 6.27. The summed E-state index contributed by atoms with van der Waals surface area (Å²) in [5.41, 5.74) is 2.85. The standard InChI is InChI=1S/C21H22ClN3O2/c1-14-24-18(12-21(26)25-14)11-20(16-5-7-17(22)8-6-16)23-13-15-3-9-19(27-2)10-4-15/h3-10,12,20,23H,11,13H2,1-2H3,(H,24,25,26). The van der Waals surface area contributed by atoms with Crippen molar-refractivity contribution in [1.82, 2.24) is 15.3 Å². The van der Waals surface area contributed by atoms with Crippen molar-refractivity contribution >= 4 is 11.6 Å². The molecule has 1 heterocycles. The summed E-state index contributed by atoms with van der Waals surface area (Å²) in [5.74, 6) is 1.44. The number of aromatic amines is 1. The first-order valence-electron chi connectivity index (χ1n) is 8.72. The van der Waals surface area contributed by atoms with E-state index in [2.05, 4.69) is 15.3 Å². The van der Waals surface area contributed by atoms with Gasteiger partial charge in [-0.2, -0.15) is 0 Å². The van der Waals surface area contributed by atoms with Crippen LogP contribution in [0.5, 0.6) is 5.75 Å². The summed E-state index contributed by atoms with van der Waals surface area (Å²) in [5, 5.41) is 4.25. The van der Waals surface area contributed by atoms with Gasteiger partial charge in [-0.05, 0) is 42.3 Å². The first-order chi connectivity index (χ1) is 13.0. The highest BCUT2D eigenvalue weighted by Gasteiger charge is 2.14. The minimum absolute atomic E-state index is 0.00179. The smallest absolute Gasteiger partial charge is 0.251 e. The maximum absolute atomic E-state index is 11.8. The first kappa shape index (κ1) is 19.1. The molecule has 2 aromatic carbocycles. The molecule has 6 heteroatoms. The Morgan fingerprint density at radius 2 is 1.85 bits per heavy atom. The van der Waals surface area contributed by atoms with Gasteiger partial charge >= 0.3 is 0 Å². The fourth-order valence-corrected chi connectivity index (χ4v) is 3.07. The van der Waals surface area contributed by atoms with E-state index in [1.807, 2.05) is 48.5 Å². The Balaban J connectivity index is 1.80. The van der Waals surface area contributed by atoms with Gasteiger partial charge in [0.2, 0.25) is 0 Å². The van der Waals surface area contributed by atoms with Crippen molar-refractivity contribution < 1.29 is 4.74 Å². The van der Waals surface area contributed by atoms with Gasteiger partial charge in [-0.15, -0.1) is 0 Å². The fourth-order valence-electron chi connectivity index (χ4n) is 2.94. The summed E-state index contributed by atoms with van der Waals surface area (Å²) >= 11 is 6.03. The van der Waals surface area contributed by atoms with Gasteiger partial charge in [-0.25, -0.2) is 4.98 Å². The molecule has 0 saturated carbocycles. The Morgan fingerprint density at radius 3 is 2.48 bits per heavy atom. The van der Waals surface area contributed by atoms with Gasteiger partial charge in [0.1, 0.15) is 11.6 Å². The number of aryl methyl sites for hydroxylation is 1. The largest absolute Gasteiger partial charge is 0.497 e. The molecule has 0 amide bonds. The number of benzene rings is 2. The zero-order valence-corrected chi connectivity index (χ0v) is 16.1. The van der Waals surface area contributed by atoms with Crippen LogP contribution in [-0.4, -0.2) is 17.1 Å². The lowest BCUT2D eigenvalue weighted by atomic mass is 10.0. The van der Waals surface area contributed by atoms with Crippen molar-refractivity contribution in [3.63, 3.8) is 0 Å². The van der Waals surface area contributed by atoms with Gasteiger partial charge in [-0.1, -0.05) is 35.9 Å². The van der Waals surface area contributed by atoms with E-state index >= 15 is 0 Å². The monoisotopic (exact) mass is 383 g/mol. The van der Waals surface area contributed by atoms with Crippen LogP contribution in [0.2, 0.25) is 5.02 Å². The molecule has 0 bridgehead atoms. The third kappa shape index (κ3) is 5.42. The van der Waals surface area contributed by atoms with Crippen molar-refractivity contribution in [3.05, 3.63) is 92.6 Å². The first-order valence-corrected chi connectivity index (χ1v) is 9.10. The molecule has 0 aliphatic heterocycles. The van der Waals surface area contributed by atoms with Crippen LogP contribution in [0.4, 0.5) is 0 Å². The predicted octanol–water partition coefficient (Wildman–Crippen LogP) is 3.81. The molecule has 0 aliphatic rings. The quantitative estimate of drug-likeness (QED) is 0.651. The summed E-state index contributed by atoms with van der Waals surface area (Å²) in [6.45, 7) is 2.46. The van der Waals surface area contributed by atoms with Crippen LogP contribution in [0.3, 0.4) is 0 Å². The number of H-pyrrole nitrogens is 1. The molecular weight excluding hydrogens is 362 g/mol. The molecular formula is C21H22ClN3O2. The maximum atomic E-state index is 11.8. The van der Waals surface area contributed by atoms with E-state index in [0.29, 0.717) is 23.8 Å². The lowest BCUT2D eigenvalue weighted by Gasteiger charge is -2.19. The normalized spacial score (nSPS) is 12.0. The molecule has 3 rings (SSSR count). The molecule has 0 aliphatic carbocycles. The number of halogens is 1. The fraction of sp³-hybridized carbons (Fsp3) is 0.238. The van der Waals surface area contributed by atoms with Gasteiger partial charge in [0.25, 0.3) is 5.56 Å². The SMILES string of the molecule is COc1ccc(CNC(Cc2cc(=O)[nH]c(C)n2)c2ccc(Cl)cc2)cc1. The molecule has 0 fully saturated rings. The molecule has 0 spiro atoms. The van der Waals surface area contributed by atoms with Crippen molar-refractivity contribution in [1.29, 1.82) is 0 Å². The third-order valence-electron chi connectivity index (χ3n) is 4.31. The van der Waals surface area contributed by atoms with Gasteiger partial charge in [-0.3, -0.25) is 4.79 Å². The molecule has 1 aromatic heterocycles. The maximum Gasteiger partial charge on any atom is 0.251 e. The highest BCUT2D eigenvalue weighted by atomic mass is 35.5. The van der Waals surface area contributed by atoms with E-state index < -0.39 is 0 Å². The number of methoxy groups -OCH3 is 1. The van der Waals surface area contributed by atoms with Gasteiger partial charge in [0.15, 0.2) is 0 Å². The van der Waals surface area contributed by atoms with Crippen LogP contribution in [-0.2, 0) is 13.0 Å². The summed E-state index contributed by atoms with van der Waals surface area (Å²) in [4.78, 5) is 18.9. The van der Waals surface area contributed by atoms with E-state index in [9.17, 15) is 4.79 Å². The van der Waals surface area contributed by atoms with E-state index in [1.165, 1.54) is 0 Å². The Bertz CT molecular complexity index is 937. The molecule has 140 valence electrons. The van der Waals surface area contributed by atoms with Crippen LogP contribution >= 0.6 is 11.6 Å². The minimum Gasteiger partial charge on any atom is -0.497 e. The van der Waals surface area contributed by atoms with Crippen molar-refractivity contribution in [2.45, 2.75) is 25.9 Å². The molecule has 27 heavy (non-hydrogen) atoms. The van der Waals surface area contributed by atoms with Gasteiger partial charge in [0, 0.05) is 35.8 Å². The average Bonchev–Trinajstić information content (AvgIpc) is 2.65. The van der Waals surface area contributed by atoms with Crippen molar-refractivity contribution in [2.24, 2.45) is 0 Å². The second-order valence-corrected chi connectivity index (χ2v) is 6.80. The zero-order chi connectivity index (χ0) is 19.2. The average molecular weight is 384 g/mol. The van der Waals surface area contributed by atoms with Crippen LogP contribution in [0.25, 0.3) is 0 Å². The third-order valence-corrected chi connectivity index (χ3v) is 4.56. The Hall–Kier alpha value is -2.63. The van der Waals surface area contributed by atoms with Gasteiger partial charge < -0.3 is 15.0 Å². The summed E-state index contributed by atoms with van der Waals surface area (Å²) in [6, 6.07) is 17.2. The van der Waals surface area contributed by atoms with Crippen molar-refractivity contribution in [3.8, 4) is 5.75 Å². The molecule has 0 radical (unpaired) electrons. The number of hydrogen-bond donors (Lipinski definition) is 2. The summed E-state index contributed by atoms with van der Waals surface area (Å²) in [6.07, 6.45) is 0.600. The Morgan fingerprint density at radius 1 is 1.15 bits per heavy atom. The zero-order valence-electron chi connectivity index (χ0n) is 15.3. The molecule has 5 nitrogen and oxygen atoms in total. The minimum atomic E-state index is -0.137. The predicted molar refractivity (Wildman–Crippen MR) is 107 cm³/mol. The molecule has 1 unspecified atom stereocenters. The lowest BCUT2D eigenvalue weighted by molar-refractivity contribution is 0.414. The summed E-state index contributed by atoms with van der Waals surface area (Å²) in [7, 11) is 1.65. The molecule has 2 N–H and O–H groups in total. The lowest BCUT2D eigenvalue weighted by Crippen LogP contribution is -2.24. The number of nitrogens with one attached hydrogen (secondary N) is 2. The van der Waals surface area contributed by atoms with Gasteiger partial charge in [0.05, 0.1) is 7.11 Å². The second-order valence-electron chi connectivity index (χ2n) is 6.36. The number of nitrogens with zero attached hydrogens (tertiary/aromatic N) is 1. The van der Waals surface area contributed by atoms with E-state index in [0.717, 1.165) is 22.6 Å². The van der Waals surface area contributed by atoms with Crippen LogP contribution in [0.1, 0.15) is 28.7 Å². The van der Waals surface area contributed by atoms with E-state index in [4.69, 9.17) is 16.3 Å². The topological polar surface area (TPSA) is 67.0 Å². The van der Waals surface area contributed by atoms with Crippen LogP contribution in [0.15, 0.2) is 59.4 Å². The van der Waals surface area contributed by atoms with Crippen LogP contribution in [0, 0.1) is 6.92 Å².